The molecule has 0 saturated heterocycles. The second-order valence-electron chi connectivity index (χ2n) is 2.61. The van der Waals surface area contributed by atoms with E-state index < -0.39 is 0 Å². The summed E-state index contributed by atoms with van der Waals surface area (Å²) < 4.78 is 0. The van der Waals surface area contributed by atoms with Gasteiger partial charge in [0.15, 0.2) is 0 Å². The molecule has 1 unspecified atom stereocenters. The molecule has 0 aliphatic heterocycles. The minimum atomic E-state index is 0.326. The van der Waals surface area contributed by atoms with E-state index in [9.17, 15) is 0 Å². The van der Waals surface area contributed by atoms with Crippen molar-refractivity contribution in [2.24, 2.45) is 0 Å². The van der Waals surface area contributed by atoms with Gasteiger partial charge in [-0.05, 0) is 27.2 Å². The predicted octanol–water partition coefficient (Wildman–Crippen LogP) is 1.71. The fourth-order valence-electron chi connectivity index (χ4n) is 0.336. The maximum absolute atomic E-state index is 5.20. The van der Waals surface area contributed by atoms with E-state index in [2.05, 4.69) is 33.2 Å². The number of nitrogens with one attached hydrogen (secondary N) is 1. The second kappa shape index (κ2) is 4.77. The van der Waals surface area contributed by atoms with Gasteiger partial charge in [0.05, 0.1) is 6.10 Å². The molecule has 0 spiro atoms. The van der Waals surface area contributed by atoms with E-state index in [1.54, 1.807) is 0 Å². The SMILES string of the molecule is CCC(C)ONC(C)C. The number of hydroxylamine groups is 1. The van der Waals surface area contributed by atoms with Crippen LogP contribution in [0.2, 0.25) is 0 Å². The zero-order chi connectivity index (χ0) is 7.28. The Bertz CT molecular complexity index is 63.9. The molecule has 0 aliphatic carbocycles. The van der Waals surface area contributed by atoms with E-state index in [0.717, 1.165) is 6.42 Å². The molecule has 0 aromatic carbocycles. The maximum atomic E-state index is 5.20. The summed E-state index contributed by atoms with van der Waals surface area (Å²) in [6, 6.07) is 0.416. The smallest absolute Gasteiger partial charge is 0.0759 e. The molecule has 0 amide bonds. The van der Waals surface area contributed by atoms with Crippen LogP contribution in [0.5, 0.6) is 0 Å². The van der Waals surface area contributed by atoms with Gasteiger partial charge in [-0.25, -0.2) is 0 Å². The van der Waals surface area contributed by atoms with Gasteiger partial charge in [-0.3, -0.25) is 4.84 Å². The predicted molar refractivity (Wildman–Crippen MR) is 39.1 cm³/mol. The quantitative estimate of drug-likeness (QED) is 0.586. The molecule has 0 bridgehead atoms. The fourth-order valence-corrected chi connectivity index (χ4v) is 0.336. The highest BCUT2D eigenvalue weighted by molar-refractivity contribution is 4.44. The van der Waals surface area contributed by atoms with Crippen molar-refractivity contribution in [2.75, 3.05) is 0 Å². The topological polar surface area (TPSA) is 21.3 Å². The highest BCUT2D eigenvalue weighted by Crippen LogP contribution is 1.92. The highest BCUT2D eigenvalue weighted by Gasteiger charge is 1.97. The summed E-state index contributed by atoms with van der Waals surface area (Å²) in [6.45, 7) is 8.27. The van der Waals surface area contributed by atoms with E-state index in [1.165, 1.54) is 0 Å². The molecule has 1 atom stereocenters. The van der Waals surface area contributed by atoms with Gasteiger partial charge >= 0.3 is 0 Å². The van der Waals surface area contributed by atoms with Crippen LogP contribution in [-0.4, -0.2) is 12.1 Å². The summed E-state index contributed by atoms with van der Waals surface area (Å²) >= 11 is 0. The van der Waals surface area contributed by atoms with Crippen LogP contribution in [0.15, 0.2) is 0 Å². The van der Waals surface area contributed by atoms with Gasteiger partial charge in [-0.2, -0.15) is 5.48 Å². The standard InChI is InChI=1S/C7H17NO/c1-5-7(4)9-8-6(2)3/h6-8H,5H2,1-4H3. The van der Waals surface area contributed by atoms with Crippen LogP contribution in [0.4, 0.5) is 0 Å². The van der Waals surface area contributed by atoms with Crippen LogP contribution in [0.1, 0.15) is 34.1 Å². The van der Waals surface area contributed by atoms with Gasteiger partial charge in [0.25, 0.3) is 0 Å². The molecule has 0 heterocycles. The largest absolute Gasteiger partial charge is 0.299 e. The summed E-state index contributed by atoms with van der Waals surface area (Å²) in [5.74, 6) is 0. The third-order valence-corrected chi connectivity index (χ3v) is 1.08. The highest BCUT2D eigenvalue weighted by atomic mass is 16.7. The zero-order valence-electron chi connectivity index (χ0n) is 6.77. The van der Waals surface area contributed by atoms with Crippen LogP contribution in [0.3, 0.4) is 0 Å². The Morgan fingerprint density at radius 3 is 2.22 bits per heavy atom. The van der Waals surface area contributed by atoms with Crippen molar-refractivity contribution >= 4 is 0 Å². The average Bonchev–Trinajstić information content (AvgIpc) is 1.83. The molecule has 2 nitrogen and oxygen atoms in total. The van der Waals surface area contributed by atoms with Gasteiger partial charge < -0.3 is 0 Å². The number of rotatable bonds is 4. The Kier molecular flexibility index (Phi) is 4.72. The van der Waals surface area contributed by atoms with E-state index in [-0.39, 0.29) is 0 Å². The third kappa shape index (κ3) is 5.80. The molecule has 0 saturated carbocycles. The summed E-state index contributed by atoms with van der Waals surface area (Å²) in [5, 5.41) is 0. The third-order valence-electron chi connectivity index (χ3n) is 1.08. The van der Waals surface area contributed by atoms with Crippen LogP contribution < -0.4 is 5.48 Å². The van der Waals surface area contributed by atoms with E-state index in [0.29, 0.717) is 12.1 Å². The minimum absolute atomic E-state index is 0.326. The molecule has 0 aliphatic rings. The Morgan fingerprint density at radius 2 is 1.89 bits per heavy atom. The molecule has 1 N–H and O–H groups in total. The number of hydrogen-bond acceptors (Lipinski definition) is 2. The van der Waals surface area contributed by atoms with Crippen molar-refractivity contribution in [3.63, 3.8) is 0 Å². The average molecular weight is 131 g/mol. The van der Waals surface area contributed by atoms with Crippen molar-refractivity contribution in [3.05, 3.63) is 0 Å². The molecule has 2 heteroatoms. The second-order valence-corrected chi connectivity index (χ2v) is 2.61. The summed E-state index contributed by atoms with van der Waals surface area (Å²) in [6.07, 6.45) is 1.38. The minimum Gasteiger partial charge on any atom is -0.299 e. The zero-order valence-corrected chi connectivity index (χ0v) is 6.77. The lowest BCUT2D eigenvalue weighted by Crippen LogP contribution is -2.27. The molecule has 0 radical (unpaired) electrons. The molecule has 0 rings (SSSR count). The normalized spacial score (nSPS) is 14.3. The van der Waals surface area contributed by atoms with Gasteiger partial charge in [0, 0.05) is 6.04 Å². The first-order chi connectivity index (χ1) is 4.16. The molecule has 9 heavy (non-hydrogen) atoms. The van der Waals surface area contributed by atoms with E-state index >= 15 is 0 Å². The molecule has 56 valence electrons. The lowest BCUT2D eigenvalue weighted by molar-refractivity contribution is -0.0300. The van der Waals surface area contributed by atoms with E-state index in [4.69, 9.17) is 4.84 Å². The Morgan fingerprint density at radius 1 is 1.33 bits per heavy atom. The Balaban J connectivity index is 3.06. The van der Waals surface area contributed by atoms with Crippen molar-refractivity contribution in [1.29, 1.82) is 0 Å². The van der Waals surface area contributed by atoms with Crippen LogP contribution in [-0.2, 0) is 4.84 Å². The first kappa shape index (κ1) is 8.92. The molecular formula is C7H17NO. The van der Waals surface area contributed by atoms with Gasteiger partial charge in [0.2, 0.25) is 0 Å². The van der Waals surface area contributed by atoms with Crippen LogP contribution in [0, 0.1) is 0 Å². The van der Waals surface area contributed by atoms with Crippen molar-refractivity contribution in [3.8, 4) is 0 Å². The Labute approximate surface area is 57.5 Å². The van der Waals surface area contributed by atoms with Crippen molar-refractivity contribution in [2.45, 2.75) is 46.3 Å². The molecular weight excluding hydrogens is 114 g/mol. The van der Waals surface area contributed by atoms with Crippen LogP contribution in [0.25, 0.3) is 0 Å². The van der Waals surface area contributed by atoms with Crippen LogP contribution >= 0.6 is 0 Å². The van der Waals surface area contributed by atoms with Crippen molar-refractivity contribution in [1.82, 2.24) is 5.48 Å². The monoisotopic (exact) mass is 131 g/mol. The summed E-state index contributed by atoms with van der Waals surface area (Å²) in [5.41, 5.74) is 2.90. The molecule has 0 fully saturated rings. The van der Waals surface area contributed by atoms with Crippen molar-refractivity contribution < 1.29 is 4.84 Å². The first-order valence-electron chi connectivity index (χ1n) is 3.58. The van der Waals surface area contributed by atoms with Gasteiger partial charge in [-0.15, -0.1) is 0 Å². The molecule has 0 aromatic heterocycles. The maximum Gasteiger partial charge on any atom is 0.0759 e. The lowest BCUT2D eigenvalue weighted by atomic mass is 10.3. The van der Waals surface area contributed by atoms with E-state index in [1.807, 2.05) is 0 Å². The Hall–Kier alpha value is -0.0800. The first-order valence-corrected chi connectivity index (χ1v) is 3.58. The summed E-state index contributed by atoms with van der Waals surface area (Å²) in [7, 11) is 0. The van der Waals surface area contributed by atoms with Gasteiger partial charge in [-0.1, -0.05) is 6.92 Å². The summed E-state index contributed by atoms with van der Waals surface area (Å²) in [4.78, 5) is 5.20. The fraction of sp³-hybridized carbons (Fsp3) is 1.00. The van der Waals surface area contributed by atoms with Gasteiger partial charge in [0.1, 0.15) is 0 Å². The number of hydrogen-bond donors (Lipinski definition) is 1. The lowest BCUT2D eigenvalue weighted by Gasteiger charge is -2.12. The molecule has 0 aromatic rings.